The summed E-state index contributed by atoms with van der Waals surface area (Å²) in [6.45, 7) is 1.41. The molecule has 34 heavy (non-hydrogen) atoms. The van der Waals surface area contributed by atoms with Crippen LogP contribution in [0.25, 0.3) is 0 Å². The Labute approximate surface area is 197 Å². The number of piperidine rings is 1. The number of hydrogen-bond donors (Lipinski definition) is 1. The van der Waals surface area contributed by atoms with Crippen LogP contribution in [0.1, 0.15) is 45.5 Å². The number of rotatable bonds is 8. The van der Waals surface area contributed by atoms with Crippen LogP contribution in [0.4, 0.5) is 8.78 Å². The summed E-state index contributed by atoms with van der Waals surface area (Å²) in [6.07, 6.45) is 1.29. The third kappa shape index (κ3) is 5.29. The Balaban J connectivity index is 1.50. The summed E-state index contributed by atoms with van der Waals surface area (Å²) in [6, 6.07) is 20.0. The molecule has 1 aliphatic heterocycles. The van der Waals surface area contributed by atoms with Gasteiger partial charge in [0, 0.05) is 30.6 Å². The second kappa shape index (κ2) is 10.4. The minimum atomic E-state index is -1.48. The monoisotopic (exact) mass is 463 g/mol. The molecule has 6 heteroatoms. The third-order valence-corrected chi connectivity index (χ3v) is 6.59. The van der Waals surface area contributed by atoms with Crippen LogP contribution in [0.5, 0.6) is 0 Å². The molecule has 176 valence electrons. The van der Waals surface area contributed by atoms with Crippen molar-refractivity contribution in [2.75, 3.05) is 19.6 Å². The fraction of sp³-hybridized carbons (Fsp3) is 0.286. The average Bonchev–Trinajstić information content (AvgIpc) is 2.86. The highest BCUT2D eigenvalue weighted by Gasteiger charge is 2.46. The Morgan fingerprint density at radius 3 is 2.15 bits per heavy atom. The van der Waals surface area contributed by atoms with Crippen LogP contribution in [0.3, 0.4) is 0 Å². The number of carbonyl (C=O) groups excluding carboxylic acids is 2. The summed E-state index contributed by atoms with van der Waals surface area (Å²) >= 11 is 0. The molecule has 1 heterocycles. The first-order valence-electron chi connectivity index (χ1n) is 11.5. The van der Waals surface area contributed by atoms with Crippen LogP contribution in [0.2, 0.25) is 0 Å². The van der Waals surface area contributed by atoms with Gasteiger partial charge in [-0.1, -0.05) is 42.5 Å². The van der Waals surface area contributed by atoms with Gasteiger partial charge in [0.1, 0.15) is 17.2 Å². The Kier molecular flexibility index (Phi) is 7.29. The third-order valence-electron chi connectivity index (χ3n) is 6.59. The van der Waals surface area contributed by atoms with E-state index >= 15 is 0 Å². The largest absolute Gasteiger partial charge is 0.384 e. The van der Waals surface area contributed by atoms with Crippen LogP contribution >= 0.6 is 0 Å². The van der Waals surface area contributed by atoms with E-state index in [1.165, 1.54) is 48.5 Å². The summed E-state index contributed by atoms with van der Waals surface area (Å²) in [5, 5.41) is 11.7. The fourth-order valence-corrected chi connectivity index (χ4v) is 4.64. The predicted molar refractivity (Wildman–Crippen MR) is 126 cm³/mol. The van der Waals surface area contributed by atoms with E-state index in [0.29, 0.717) is 42.6 Å². The zero-order valence-corrected chi connectivity index (χ0v) is 18.8. The number of hydrogen-bond acceptors (Lipinski definition) is 4. The van der Waals surface area contributed by atoms with Crippen molar-refractivity contribution in [3.63, 3.8) is 0 Å². The molecule has 1 N–H and O–H groups in total. The van der Waals surface area contributed by atoms with Crippen molar-refractivity contribution in [2.24, 2.45) is 5.92 Å². The van der Waals surface area contributed by atoms with Crippen LogP contribution in [-0.2, 0) is 5.60 Å². The van der Waals surface area contributed by atoms with E-state index in [-0.39, 0.29) is 24.5 Å². The van der Waals surface area contributed by atoms with E-state index in [1.54, 1.807) is 12.1 Å². The van der Waals surface area contributed by atoms with Gasteiger partial charge < -0.3 is 10.0 Å². The lowest BCUT2D eigenvalue weighted by Gasteiger charge is -2.44. The van der Waals surface area contributed by atoms with Gasteiger partial charge in [0.25, 0.3) is 0 Å². The summed E-state index contributed by atoms with van der Waals surface area (Å²) in [5.74, 6) is -1.91. The molecule has 0 radical (unpaired) electrons. The average molecular weight is 464 g/mol. The Morgan fingerprint density at radius 2 is 1.50 bits per heavy atom. The molecule has 3 aromatic rings. The van der Waals surface area contributed by atoms with Crippen molar-refractivity contribution in [3.05, 3.63) is 107 Å². The first-order chi connectivity index (χ1) is 16.4. The number of nitrogens with zero attached hydrogens (tertiary/aromatic N) is 1. The Hall–Kier alpha value is -3.22. The van der Waals surface area contributed by atoms with Gasteiger partial charge in [-0.25, -0.2) is 8.78 Å². The van der Waals surface area contributed by atoms with E-state index in [4.69, 9.17) is 0 Å². The van der Waals surface area contributed by atoms with Crippen molar-refractivity contribution in [1.29, 1.82) is 0 Å². The molecule has 3 aromatic carbocycles. The lowest BCUT2D eigenvalue weighted by Crippen LogP contribution is -2.53. The van der Waals surface area contributed by atoms with Crippen LogP contribution < -0.4 is 0 Å². The number of likely N-dealkylation sites (tertiary alicyclic amines) is 1. The van der Waals surface area contributed by atoms with Crippen LogP contribution in [-0.4, -0.2) is 41.2 Å². The fourth-order valence-electron chi connectivity index (χ4n) is 4.64. The quantitative estimate of drug-likeness (QED) is 0.477. The molecular weight excluding hydrogens is 436 g/mol. The van der Waals surface area contributed by atoms with E-state index in [2.05, 4.69) is 4.90 Å². The standard InChI is InChI=1S/C28H27F2NO3/c29-23-12-8-21(9-13-23)27(33)25-19-31(17-4-7-26(32)20-5-2-1-3-6-20)18-16-28(25,34)22-10-14-24(30)15-11-22/h1-3,5-6,8-15,25,34H,4,7,16-19H2/t25-,28+/m1/s1. The molecular formula is C28H27F2NO3. The predicted octanol–water partition coefficient (Wildman–Crippen LogP) is 5.02. The molecule has 0 aliphatic carbocycles. The lowest BCUT2D eigenvalue weighted by atomic mass is 9.72. The van der Waals surface area contributed by atoms with Gasteiger partial charge in [0.05, 0.1) is 5.92 Å². The highest BCUT2D eigenvalue weighted by molar-refractivity contribution is 5.99. The molecule has 1 aliphatic rings. The van der Waals surface area contributed by atoms with Gasteiger partial charge in [-0.05, 0) is 61.3 Å². The van der Waals surface area contributed by atoms with Crippen LogP contribution in [0, 0.1) is 17.6 Å². The molecule has 1 fully saturated rings. The van der Waals surface area contributed by atoms with Gasteiger partial charge in [0.2, 0.25) is 0 Å². The van der Waals surface area contributed by atoms with Crippen molar-refractivity contribution >= 4 is 11.6 Å². The van der Waals surface area contributed by atoms with E-state index in [9.17, 15) is 23.5 Å². The number of halogens is 2. The SMILES string of the molecule is O=C(CCCN1CC[C@](O)(c2ccc(F)cc2)[C@@H](C(=O)c2ccc(F)cc2)C1)c1ccccc1. The molecule has 2 atom stereocenters. The number of carbonyl (C=O) groups is 2. The van der Waals surface area contributed by atoms with E-state index in [0.717, 1.165) is 0 Å². The zero-order chi connectivity index (χ0) is 24.1. The smallest absolute Gasteiger partial charge is 0.170 e. The molecule has 4 nitrogen and oxygen atoms in total. The van der Waals surface area contributed by atoms with Gasteiger partial charge >= 0.3 is 0 Å². The van der Waals surface area contributed by atoms with Gasteiger partial charge in [-0.15, -0.1) is 0 Å². The number of aliphatic hydroxyl groups is 1. The van der Waals surface area contributed by atoms with E-state index in [1.807, 2.05) is 18.2 Å². The second-order valence-corrected chi connectivity index (χ2v) is 8.80. The van der Waals surface area contributed by atoms with Crippen LogP contribution in [0.15, 0.2) is 78.9 Å². The summed E-state index contributed by atoms with van der Waals surface area (Å²) in [7, 11) is 0. The molecule has 0 saturated carbocycles. The first-order valence-corrected chi connectivity index (χ1v) is 11.5. The molecule has 0 amide bonds. The summed E-state index contributed by atoms with van der Waals surface area (Å²) < 4.78 is 26.9. The molecule has 1 saturated heterocycles. The molecule has 0 spiro atoms. The van der Waals surface area contributed by atoms with Gasteiger partial charge in [-0.3, -0.25) is 9.59 Å². The number of ketones is 2. The zero-order valence-electron chi connectivity index (χ0n) is 18.8. The molecule has 0 unspecified atom stereocenters. The maximum atomic E-state index is 13.5. The minimum absolute atomic E-state index is 0.0689. The molecule has 4 rings (SSSR count). The van der Waals surface area contributed by atoms with Crippen molar-refractivity contribution in [2.45, 2.75) is 24.9 Å². The highest BCUT2D eigenvalue weighted by Crippen LogP contribution is 2.39. The first kappa shape index (κ1) is 23.9. The topological polar surface area (TPSA) is 57.6 Å². The van der Waals surface area contributed by atoms with E-state index < -0.39 is 23.2 Å². The Morgan fingerprint density at radius 1 is 0.882 bits per heavy atom. The number of Topliss-reactive ketones (excluding diaryl/α,β-unsaturated/α-hetero) is 2. The lowest BCUT2D eigenvalue weighted by molar-refractivity contribution is -0.0643. The molecule has 0 aromatic heterocycles. The maximum Gasteiger partial charge on any atom is 0.170 e. The summed E-state index contributed by atoms with van der Waals surface area (Å²) in [5.41, 5.74) is -0.00675. The summed E-state index contributed by atoms with van der Waals surface area (Å²) in [4.78, 5) is 27.9. The highest BCUT2D eigenvalue weighted by atomic mass is 19.1. The van der Waals surface area contributed by atoms with Gasteiger partial charge in [-0.2, -0.15) is 0 Å². The van der Waals surface area contributed by atoms with Crippen molar-refractivity contribution < 1.29 is 23.5 Å². The normalized spacial score (nSPS) is 20.7. The molecule has 0 bridgehead atoms. The van der Waals surface area contributed by atoms with Crippen molar-refractivity contribution in [1.82, 2.24) is 4.90 Å². The maximum absolute atomic E-state index is 13.5. The van der Waals surface area contributed by atoms with Gasteiger partial charge in [0.15, 0.2) is 11.6 Å². The Bertz CT molecular complexity index is 1130. The number of benzene rings is 3. The minimum Gasteiger partial charge on any atom is -0.384 e. The second-order valence-electron chi connectivity index (χ2n) is 8.80. The van der Waals surface area contributed by atoms with Crippen molar-refractivity contribution in [3.8, 4) is 0 Å².